The van der Waals surface area contributed by atoms with E-state index in [1.807, 2.05) is 12.1 Å². The standard InChI is InChI=1S/C15H21N3O2/c1-11(2)17-7-5-12(8-17)9-18-14(19)10-20-13-4-3-6-16-15(13)18/h3-4,6,11-12H,5,7-10H2,1-2H3. The fourth-order valence-corrected chi connectivity index (χ4v) is 2.96. The van der Waals surface area contributed by atoms with Gasteiger partial charge in [0, 0.05) is 25.3 Å². The number of likely N-dealkylation sites (tertiary alicyclic amines) is 1. The van der Waals surface area contributed by atoms with Gasteiger partial charge < -0.3 is 9.64 Å². The van der Waals surface area contributed by atoms with Gasteiger partial charge in [0.25, 0.3) is 5.91 Å². The highest BCUT2D eigenvalue weighted by Crippen LogP contribution is 2.31. The fraction of sp³-hybridized carbons (Fsp3) is 0.600. The van der Waals surface area contributed by atoms with E-state index in [0.29, 0.717) is 23.5 Å². The lowest BCUT2D eigenvalue weighted by Gasteiger charge is -2.30. The highest BCUT2D eigenvalue weighted by atomic mass is 16.5. The minimum Gasteiger partial charge on any atom is -0.480 e. The van der Waals surface area contributed by atoms with Gasteiger partial charge in [-0.2, -0.15) is 0 Å². The quantitative estimate of drug-likeness (QED) is 0.839. The predicted octanol–water partition coefficient (Wildman–Crippen LogP) is 1.54. The van der Waals surface area contributed by atoms with Crippen LogP contribution in [0.1, 0.15) is 20.3 Å². The lowest BCUT2D eigenvalue weighted by atomic mass is 10.1. The highest BCUT2D eigenvalue weighted by molar-refractivity contribution is 5.96. The lowest BCUT2D eigenvalue weighted by molar-refractivity contribution is -0.121. The molecule has 1 saturated heterocycles. The molecule has 1 aromatic rings. The molecule has 1 amide bonds. The average Bonchev–Trinajstić information content (AvgIpc) is 2.91. The fourth-order valence-electron chi connectivity index (χ4n) is 2.96. The van der Waals surface area contributed by atoms with E-state index in [9.17, 15) is 4.79 Å². The Morgan fingerprint density at radius 1 is 1.50 bits per heavy atom. The van der Waals surface area contributed by atoms with Gasteiger partial charge in [0.05, 0.1) is 0 Å². The van der Waals surface area contributed by atoms with E-state index in [2.05, 4.69) is 23.7 Å². The number of ether oxygens (including phenoxy) is 1. The first-order valence-corrected chi connectivity index (χ1v) is 7.27. The summed E-state index contributed by atoms with van der Waals surface area (Å²) in [4.78, 5) is 20.7. The number of pyridine rings is 1. The van der Waals surface area contributed by atoms with Crippen molar-refractivity contribution in [3.63, 3.8) is 0 Å². The first kappa shape index (κ1) is 13.4. The van der Waals surface area contributed by atoms with Crippen molar-refractivity contribution < 1.29 is 9.53 Å². The number of fused-ring (bicyclic) bond motifs is 1. The van der Waals surface area contributed by atoms with E-state index in [1.165, 1.54) is 0 Å². The smallest absolute Gasteiger partial charge is 0.266 e. The number of anilines is 1. The molecular formula is C15H21N3O2. The molecule has 2 aliphatic rings. The van der Waals surface area contributed by atoms with Crippen LogP contribution in [0.25, 0.3) is 0 Å². The summed E-state index contributed by atoms with van der Waals surface area (Å²) in [5.41, 5.74) is 0. The Morgan fingerprint density at radius 2 is 2.35 bits per heavy atom. The van der Waals surface area contributed by atoms with E-state index in [4.69, 9.17) is 4.74 Å². The Kier molecular flexibility index (Phi) is 3.61. The Hall–Kier alpha value is -1.62. The van der Waals surface area contributed by atoms with Gasteiger partial charge in [-0.1, -0.05) is 0 Å². The van der Waals surface area contributed by atoms with Crippen molar-refractivity contribution in [2.75, 3.05) is 31.1 Å². The summed E-state index contributed by atoms with van der Waals surface area (Å²) in [5.74, 6) is 1.92. The maximum Gasteiger partial charge on any atom is 0.266 e. The largest absolute Gasteiger partial charge is 0.480 e. The third kappa shape index (κ3) is 2.50. The van der Waals surface area contributed by atoms with Crippen molar-refractivity contribution in [1.29, 1.82) is 0 Å². The van der Waals surface area contributed by atoms with Gasteiger partial charge >= 0.3 is 0 Å². The van der Waals surface area contributed by atoms with Gasteiger partial charge in [0.2, 0.25) is 0 Å². The molecule has 5 nitrogen and oxygen atoms in total. The molecule has 0 bridgehead atoms. The molecule has 3 heterocycles. The second-order valence-corrected chi connectivity index (χ2v) is 5.86. The zero-order valence-corrected chi connectivity index (χ0v) is 12.1. The molecule has 0 spiro atoms. The maximum absolute atomic E-state index is 12.1. The third-order valence-electron chi connectivity index (χ3n) is 4.15. The van der Waals surface area contributed by atoms with Gasteiger partial charge in [-0.3, -0.25) is 9.69 Å². The number of carbonyl (C=O) groups excluding carboxylic acids is 1. The lowest BCUT2D eigenvalue weighted by Crippen LogP contribution is -2.43. The number of nitrogens with zero attached hydrogens (tertiary/aromatic N) is 3. The summed E-state index contributed by atoms with van der Waals surface area (Å²) >= 11 is 0. The van der Waals surface area contributed by atoms with Crippen LogP contribution in [0.5, 0.6) is 5.75 Å². The van der Waals surface area contributed by atoms with Crippen molar-refractivity contribution >= 4 is 11.7 Å². The molecule has 1 atom stereocenters. The van der Waals surface area contributed by atoms with Crippen molar-refractivity contribution in [1.82, 2.24) is 9.88 Å². The van der Waals surface area contributed by atoms with Crippen LogP contribution < -0.4 is 9.64 Å². The summed E-state index contributed by atoms with van der Waals surface area (Å²) in [6.07, 6.45) is 2.86. The second-order valence-electron chi connectivity index (χ2n) is 5.86. The minimum atomic E-state index is 0.0131. The average molecular weight is 275 g/mol. The number of aromatic nitrogens is 1. The molecule has 0 aliphatic carbocycles. The van der Waals surface area contributed by atoms with E-state index in [0.717, 1.165) is 26.1 Å². The molecule has 0 saturated carbocycles. The van der Waals surface area contributed by atoms with Gasteiger partial charge in [0.15, 0.2) is 18.2 Å². The number of rotatable bonds is 3. The first-order valence-electron chi connectivity index (χ1n) is 7.27. The molecule has 2 aliphatic heterocycles. The number of hydrogen-bond acceptors (Lipinski definition) is 4. The Labute approximate surface area is 119 Å². The van der Waals surface area contributed by atoms with Crippen molar-refractivity contribution in [2.24, 2.45) is 5.92 Å². The summed E-state index contributed by atoms with van der Waals surface area (Å²) in [7, 11) is 0. The van der Waals surface area contributed by atoms with Crippen LogP contribution in [0.4, 0.5) is 5.82 Å². The summed E-state index contributed by atoms with van der Waals surface area (Å²) in [6, 6.07) is 4.28. The summed E-state index contributed by atoms with van der Waals surface area (Å²) in [5, 5.41) is 0. The van der Waals surface area contributed by atoms with Crippen molar-refractivity contribution in [3.8, 4) is 5.75 Å². The molecule has 0 N–H and O–H groups in total. The molecule has 20 heavy (non-hydrogen) atoms. The van der Waals surface area contributed by atoms with Crippen LogP contribution in [-0.4, -0.2) is 48.1 Å². The van der Waals surface area contributed by atoms with Gasteiger partial charge in [0.1, 0.15) is 0 Å². The monoisotopic (exact) mass is 275 g/mol. The van der Waals surface area contributed by atoms with Crippen molar-refractivity contribution in [3.05, 3.63) is 18.3 Å². The van der Waals surface area contributed by atoms with Crippen LogP contribution >= 0.6 is 0 Å². The van der Waals surface area contributed by atoms with Crippen LogP contribution in [0.2, 0.25) is 0 Å². The molecule has 0 aromatic carbocycles. The zero-order valence-electron chi connectivity index (χ0n) is 12.1. The van der Waals surface area contributed by atoms with E-state index in [-0.39, 0.29) is 12.5 Å². The van der Waals surface area contributed by atoms with Crippen LogP contribution in [-0.2, 0) is 4.79 Å². The normalized spacial score (nSPS) is 23.1. The van der Waals surface area contributed by atoms with E-state index in [1.54, 1.807) is 11.1 Å². The van der Waals surface area contributed by atoms with E-state index < -0.39 is 0 Å². The molecule has 3 rings (SSSR count). The topological polar surface area (TPSA) is 45.7 Å². The van der Waals surface area contributed by atoms with Gasteiger partial charge in [-0.15, -0.1) is 0 Å². The maximum atomic E-state index is 12.1. The molecule has 0 radical (unpaired) electrons. The third-order valence-corrected chi connectivity index (χ3v) is 4.15. The summed E-state index contributed by atoms with van der Waals surface area (Å²) < 4.78 is 5.43. The molecular weight excluding hydrogens is 254 g/mol. The number of amides is 1. The molecule has 108 valence electrons. The number of hydrogen-bond donors (Lipinski definition) is 0. The molecule has 1 fully saturated rings. The highest BCUT2D eigenvalue weighted by Gasteiger charge is 2.32. The van der Waals surface area contributed by atoms with Crippen molar-refractivity contribution in [2.45, 2.75) is 26.3 Å². The number of carbonyl (C=O) groups is 1. The summed E-state index contributed by atoms with van der Waals surface area (Å²) in [6.45, 7) is 7.49. The zero-order chi connectivity index (χ0) is 14.1. The van der Waals surface area contributed by atoms with E-state index >= 15 is 0 Å². The van der Waals surface area contributed by atoms with Crippen LogP contribution in [0.15, 0.2) is 18.3 Å². The minimum absolute atomic E-state index is 0.0131. The SMILES string of the molecule is CC(C)N1CCC(CN2C(=O)COc3cccnc32)C1. The first-order chi connectivity index (χ1) is 9.65. The van der Waals surface area contributed by atoms with Gasteiger partial charge in [-0.05, 0) is 44.9 Å². The van der Waals surface area contributed by atoms with Crippen LogP contribution in [0, 0.1) is 5.92 Å². The van der Waals surface area contributed by atoms with Crippen LogP contribution in [0.3, 0.4) is 0 Å². The Morgan fingerprint density at radius 3 is 3.10 bits per heavy atom. The Bertz CT molecular complexity index is 504. The molecule has 5 heteroatoms. The second kappa shape index (κ2) is 5.40. The molecule has 1 unspecified atom stereocenters. The predicted molar refractivity (Wildman–Crippen MR) is 76.9 cm³/mol. The molecule has 1 aromatic heterocycles. The van der Waals surface area contributed by atoms with Gasteiger partial charge in [-0.25, -0.2) is 4.98 Å². The Balaban J connectivity index is 1.73.